The van der Waals surface area contributed by atoms with Crippen molar-refractivity contribution >= 4 is 11.8 Å². The second kappa shape index (κ2) is 4.78. The fourth-order valence-electron chi connectivity index (χ4n) is 2.06. The van der Waals surface area contributed by atoms with Gasteiger partial charge in [-0.1, -0.05) is 0 Å². The third kappa shape index (κ3) is 2.18. The van der Waals surface area contributed by atoms with Crippen LogP contribution in [-0.2, 0) is 4.79 Å². The molecule has 0 radical (unpaired) electrons. The quantitative estimate of drug-likeness (QED) is 0.810. The number of anilines is 1. The van der Waals surface area contributed by atoms with Crippen molar-refractivity contribution < 1.29 is 9.90 Å². The Balaban J connectivity index is 2.36. The van der Waals surface area contributed by atoms with E-state index in [1.807, 2.05) is 6.07 Å². The molecule has 1 aliphatic heterocycles. The largest absolute Gasteiger partial charge is 0.480 e. The molecule has 6 nitrogen and oxygen atoms in total. The molecular formula is C11H12N4O2. The summed E-state index contributed by atoms with van der Waals surface area (Å²) in [6.45, 7) is 0.602. The number of carboxylic acids is 1. The number of piperidine rings is 1. The molecule has 0 aromatic carbocycles. The van der Waals surface area contributed by atoms with E-state index in [4.69, 9.17) is 10.4 Å². The number of aromatic nitrogens is 2. The van der Waals surface area contributed by atoms with Crippen molar-refractivity contribution in [1.82, 2.24) is 9.97 Å². The first-order valence-corrected chi connectivity index (χ1v) is 5.44. The number of nitrogens with zero attached hydrogens (tertiary/aromatic N) is 4. The summed E-state index contributed by atoms with van der Waals surface area (Å²) in [5.74, 6) is -0.499. The van der Waals surface area contributed by atoms with E-state index in [1.54, 1.807) is 4.90 Å². The van der Waals surface area contributed by atoms with E-state index in [9.17, 15) is 4.79 Å². The van der Waals surface area contributed by atoms with Gasteiger partial charge in [0.05, 0.1) is 0 Å². The highest BCUT2D eigenvalue weighted by Gasteiger charge is 2.30. The normalized spacial score (nSPS) is 19.7. The predicted molar refractivity (Wildman–Crippen MR) is 59.4 cm³/mol. The van der Waals surface area contributed by atoms with Gasteiger partial charge in [0.15, 0.2) is 11.5 Å². The molecule has 2 rings (SSSR count). The van der Waals surface area contributed by atoms with Gasteiger partial charge in [-0.25, -0.2) is 14.8 Å². The molecule has 0 saturated carbocycles. The summed E-state index contributed by atoms with van der Waals surface area (Å²) >= 11 is 0. The maximum atomic E-state index is 11.2. The van der Waals surface area contributed by atoms with E-state index in [0.717, 1.165) is 12.8 Å². The SMILES string of the molecule is N#Cc1nccnc1N1CCCCC1C(=O)O. The van der Waals surface area contributed by atoms with E-state index in [2.05, 4.69) is 9.97 Å². The number of carbonyl (C=O) groups is 1. The molecule has 2 heterocycles. The Morgan fingerprint density at radius 2 is 2.24 bits per heavy atom. The van der Waals surface area contributed by atoms with Crippen LogP contribution < -0.4 is 4.90 Å². The first-order valence-electron chi connectivity index (χ1n) is 5.44. The predicted octanol–water partition coefficient (Wildman–Crippen LogP) is 0.792. The van der Waals surface area contributed by atoms with Crippen LogP contribution in [0.1, 0.15) is 25.0 Å². The van der Waals surface area contributed by atoms with Gasteiger partial charge in [-0.15, -0.1) is 0 Å². The maximum absolute atomic E-state index is 11.2. The zero-order chi connectivity index (χ0) is 12.3. The highest BCUT2D eigenvalue weighted by Crippen LogP contribution is 2.24. The lowest BCUT2D eigenvalue weighted by Crippen LogP contribution is -2.45. The topological polar surface area (TPSA) is 90.1 Å². The van der Waals surface area contributed by atoms with Crippen molar-refractivity contribution in [2.24, 2.45) is 0 Å². The summed E-state index contributed by atoms with van der Waals surface area (Å²) in [7, 11) is 0. The van der Waals surface area contributed by atoms with Gasteiger partial charge >= 0.3 is 5.97 Å². The Morgan fingerprint density at radius 3 is 2.94 bits per heavy atom. The number of carboxylic acid groups (broad SMARTS) is 1. The van der Waals surface area contributed by atoms with Gasteiger partial charge in [-0.2, -0.15) is 5.26 Å². The van der Waals surface area contributed by atoms with E-state index in [1.165, 1.54) is 12.4 Å². The van der Waals surface area contributed by atoms with Crippen LogP contribution >= 0.6 is 0 Å². The maximum Gasteiger partial charge on any atom is 0.326 e. The molecular weight excluding hydrogens is 220 g/mol. The second-order valence-corrected chi connectivity index (χ2v) is 3.88. The fourth-order valence-corrected chi connectivity index (χ4v) is 2.06. The van der Waals surface area contributed by atoms with Crippen LogP contribution in [-0.4, -0.2) is 33.6 Å². The number of hydrogen-bond donors (Lipinski definition) is 1. The van der Waals surface area contributed by atoms with E-state index in [-0.39, 0.29) is 5.69 Å². The molecule has 1 saturated heterocycles. The van der Waals surface area contributed by atoms with Crippen LogP contribution in [0.15, 0.2) is 12.4 Å². The van der Waals surface area contributed by atoms with E-state index in [0.29, 0.717) is 18.8 Å². The molecule has 1 unspecified atom stereocenters. The van der Waals surface area contributed by atoms with Gasteiger partial charge in [-0.05, 0) is 19.3 Å². The van der Waals surface area contributed by atoms with Gasteiger partial charge in [0, 0.05) is 18.9 Å². The Kier molecular flexibility index (Phi) is 3.19. The molecule has 1 aromatic heterocycles. The Bertz CT molecular complexity index is 469. The monoisotopic (exact) mass is 232 g/mol. The highest BCUT2D eigenvalue weighted by atomic mass is 16.4. The standard InChI is InChI=1S/C11H12N4O2/c12-7-8-10(14-5-4-13-8)15-6-2-1-3-9(15)11(16)17/h4-5,9H,1-3,6H2,(H,16,17). The van der Waals surface area contributed by atoms with Gasteiger partial charge in [-0.3, -0.25) is 0 Å². The minimum atomic E-state index is -0.876. The Labute approximate surface area is 98.5 Å². The zero-order valence-electron chi connectivity index (χ0n) is 9.20. The van der Waals surface area contributed by atoms with Crippen molar-refractivity contribution in [3.63, 3.8) is 0 Å². The summed E-state index contributed by atoms with van der Waals surface area (Å²) in [5.41, 5.74) is 0.181. The number of aliphatic carboxylic acids is 1. The minimum absolute atomic E-state index is 0.181. The lowest BCUT2D eigenvalue weighted by Gasteiger charge is -2.33. The van der Waals surface area contributed by atoms with Gasteiger partial charge < -0.3 is 10.0 Å². The summed E-state index contributed by atoms with van der Waals surface area (Å²) in [5, 5.41) is 18.1. The van der Waals surface area contributed by atoms with Crippen LogP contribution in [0.3, 0.4) is 0 Å². The number of hydrogen-bond acceptors (Lipinski definition) is 5. The number of rotatable bonds is 2. The first-order chi connectivity index (χ1) is 8.24. The molecule has 1 atom stereocenters. The summed E-state index contributed by atoms with van der Waals surface area (Å²) in [6, 6.07) is 1.34. The average Bonchev–Trinajstić information content (AvgIpc) is 2.38. The third-order valence-electron chi connectivity index (χ3n) is 2.84. The molecule has 0 aliphatic carbocycles. The van der Waals surface area contributed by atoms with Gasteiger partial charge in [0.2, 0.25) is 0 Å². The minimum Gasteiger partial charge on any atom is -0.480 e. The summed E-state index contributed by atoms with van der Waals surface area (Å²) in [6.07, 6.45) is 5.28. The number of nitriles is 1. The molecule has 0 bridgehead atoms. The lowest BCUT2D eigenvalue weighted by molar-refractivity contribution is -0.139. The second-order valence-electron chi connectivity index (χ2n) is 3.88. The molecule has 1 aliphatic rings. The molecule has 0 amide bonds. The van der Waals surface area contributed by atoms with Crippen LogP contribution in [0, 0.1) is 11.3 Å². The van der Waals surface area contributed by atoms with Crippen LogP contribution in [0.4, 0.5) is 5.82 Å². The average molecular weight is 232 g/mol. The molecule has 1 aromatic rings. The zero-order valence-corrected chi connectivity index (χ0v) is 9.20. The van der Waals surface area contributed by atoms with Crippen molar-refractivity contribution in [2.45, 2.75) is 25.3 Å². The van der Waals surface area contributed by atoms with E-state index < -0.39 is 12.0 Å². The van der Waals surface area contributed by atoms with Gasteiger partial charge in [0.1, 0.15) is 12.1 Å². The third-order valence-corrected chi connectivity index (χ3v) is 2.84. The molecule has 17 heavy (non-hydrogen) atoms. The highest BCUT2D eigenvalue weighted by molar-refractivity contribution is 5.78. The van der Waals surface area contributed by atoms with Crippen molar-refractivity contribution in [1.29, 1.82) is 5.26 Å². The molecule has 0 spiro atoms. The molecule has 1 N–H and O–H groups in total. The van der Waals surface area contributed by atoms with Crippen molar-refractivity contribution in [3.05, 3.63) is 18.1 Å². The lowest BCUT2D eigenvalue weighted by atomic mass is 10.0. The molecule has 6 heteroatoms. The van der Waals surface area contributed by atoms with Crippen molar-refractivity contribution in [3.8, 4) is 6.07 Å². The van der Waals surface area contributed by atoms with Crippen molar-refractivity contribution in [2.75, 3.05) is 11.4 Å². The summed E-state index contributed by atoms with van der Waals surface area (Å²) in [4.78, 5) is 20.8. The Morgan fingerprint density at radius 1 is 1.47 bits per heavy atom. The van der Waals surface area contributed by atoms with Crippen LogP contribution in [0.5, 0.6) is 0 Å². The van der Waals surface area contributed by atoms with E-state index >= 15 is 0 Å². The Hall–Kier alpha value is -2.16. The molecule has 88 valence electrons. The summed E-state index contributed by atoms with van der Waals surface area (Å²) < 4.78 is 0. The van der Waals surface area contributed by atoms with Crippen LogP contribution in [0.25, 0.3) is 0 Å². The van der Waals surface area contributed by atoms with Crippen LogP contribution in [0.2, 0.25) is 0 Å². The van der Waals surface area contributed by atoms with Gasteiger partial charge in [0.25, 0.3) is 0 Å². The first kappa shape index (κ1) is 11.3. The molecule has 1 fully saturated rings. The smallest absolute Gasteiger partial charge is 0.326 e. The fraction of sp³-hybridized carbons (Fsp3) is 0.455.